The minimum absolute atomic E-state index is 0.000671. The zero-order valence-corrected chi connectivity index (χ0v) is 54.5. The molecule has 3 N–H and O–H groups in total. The third kappa shape index (κ3) is 66.8. The average molecular weight is 1140 g/mol. The van der Waals surface area contributed by atoms with Gasteiger partial charge in [-0.1, -0.05) is 339 Å². The molecule has 81 heavy (non-hydrogen) atoms. The van der Waals surface area contributed by atoms with Crippen LogP contribution >= 0.6 is 0 Å². The first-order chi connectivity index (χ1) is 40.0. The normalized spacial score (nSPS) is 12.8. The molecule has 0 radical (unpaired) electrons. The van der Waals surface area contributed by atoms with Crippen LogP contribution in [0.2, 0.25) is 0 Å². The first-order valence-electron chi connectivity index (χ1n) is 36.4. The molecule has 6 heteroatoms. The summed E-state index contributed by atoms with van der Waals surface area (Å²) in [6.07, 6.45) is 91.7. The van der Waals surface area contributed by atoms with Crippen LogP contribution in [0, 0.1) is 0 Å². The van der Waals surface area contributed by atoms with Crippen LogP contribution in [0.4, 0.5) is 0 Å². The zero-order valence-electron chi connectivity index (χ0n) is 54.5. The van der Waals surface area contributed by atoms with E-state index in [0.29, 0.717) is 25.9 Å². The van der Waals surface area contributed by atoms with Crippen LogP contribution in [0.1, 0.15) is 393 Å². The van der Waals surface area contributed by atoms with E-state index in [-0.39, 0.29) is 18.5 Å². The van der Waals surface area contributed by atoms with E-state index in [0.717, 1.165) is 57.8 Å². The summed E-state index contributed by atoms with van der Waals surface area (Å²) >= 11 is 0. The minimum atomic E-state index is -0.665. The molecular weight excluding hydrogens is 995 g/mol. The Labute approximate surface area is 506 Å². The van der Waals surface area contributed by atoms with Crippen LogP contribution < -0.4 is 5.32 Å². The second-order valence-corrected chi connectivity index (χ2v) is 24.9. The monoisotopic (exact) mass is 1140 g/mol. The van der Waals surface area contributed by atoms with Gasteiger partial charge in [0.25, 0.3) is 0 Å². The third-order valence-corrected chi connectivity index (χ3v) is 16.9. The molecule has 0 aromatic rings. The van der Waals surface area contributed by atoms with E-state index < -0.39 is 12.1 Å². The summed E-state index contributed by atoms with van der Waals surface area (Å²) in [4.78, 5) is 24.6. The van der Waals surface area contributed by atoms with Gasteiger partial charge >= 0.3 is 5.97 Å². The number of carbonyl (C=O) groups excluding carboxylic acids is 2. The smallest absolute Gasteiger partial charge is 0.305 e. The molecule has 0 bridgehead atoms. The van der Waals surface area contributed by atoms with E-state index in [4.69, 9.17) is 4.74 Å². The Bertz CT molecular complexity index is 1360. The summed E-state index contributed by atoms with van der Waals surface area (Å²) < 4.78 is 5.48. The van der Waals surface area contributed by atoms with Crippen LogP contribution in [0.15, 0.2) is 48.6 Å². The number of allylic oxidation sites excluding steroid dienone is 8. The van der Waals surface area contributed by atoms with Crippen molar-refractivity contribution in [1.82, 2.24) is 5.32 Å². The summed E-state index contributed by atoms with van der Waals surface area (Å²) in [5.74, 6) is -0.0319. The highest BCUT2D eigenvalue weighted by atomic mass is 16.5. The maximum absolute atomic E-state index is 12.5. The van der Waals surface area contributed by atoms with Crippen LogP contribution in [0.3, 0.4) is 0 Å². The molecule has 0 saturated carbocycles. The number of unbranched alkanes of at least 4 members (excludes halogenated alkanes) is 49. The number of amides is 1. The maximum atomic E-state index is 12.5. The molecule has 0 aliphatic carbocycles. The van der Waals surface area contributed by atoms with Crippen molar-refractivity contribution >= 4 is 11.9 Å². The number of aliphatic hydroxyl groups is 2. The molecule has 0 fully saturated rings. The van der Waals surface area contributed by atoms with Crippen LogP contribution in [0.5, 0.6) is 0 Å². The van der Waals surface area contributed by atoms with Gasteiger partial charge in [0, 0.05) is 12.8 Å². The predicted octanol–water partition coefficient (Wildman–Crippen LogP) is 23.6. The van der Waals surface area contributed by atoms with Crippen LogP contribution in [-0.2, 0) is 14.3 Å². The van der Waals surface area contributed by atoms with Gasteiger partial charge in [0.2, 0.25) is 5.91 Å². The van der Waals surface area contributed by atoms with E-state index in [9.17, 15) is 19.8 Å². The van der Waals surface area contributed by atoms with E-state index in [1.807, 2.05) is 0 Å². The summed E-state index contributed by atoms with van der Waals surface area (Å²) in [5, 5.41) is 23.4. The topological polar surface area (TPSA) is 95.9 Å². The largest absolute Gasteiger partial charge is 0.466 e. The van der Waals surface area contributed by atoms with Crippen molar-refractivity contribution in [3.05, 3.63) is 48.6 Å². The van der Waals surface area contributed by atoms with Crippen molar-refractivity contribution in [2.24, 2.45) is 0 Å². The van der Waals surface area contributed by atoms with Gasteiger partial charge in [0.1, 0.15) is 0 Å². The van der Waals surface area contributed by atoms with Crippen molar-refractivity contribution in [2.45, 2.75) is 405 Å². The SMILES string of the molecule is CCCCC/C=C\C/C=C\CCCCCCCC(=O)OCCCCCCCCCCC/C=C\C/C=C\CCCCCCCCCCCCCCCCCC(=O)NC(CO)C(O)CCCCCCCCCCCCCCCCCCCC. The highest BCUT2D eigenvalue weighted by molar-refractivity contribution is 5.76. The first-order valence-corrected chi connectivity index (χ1v) is 36.4. The standard InChI is InChI=1S/C75H141NO5/c1-3-5-7-9-11-13-15-17-19-20-36-40-43-47-51-55-59-63-67-73(78)72(71-77)76-74(79)68-64-60-56-52-48-44-41-37-34-32-30-28-26-24-22-21-23-25-27-29-31-33-35-38-42-46-50-54-58-62-66-70-81-75(80)69-65-61-57-53-49-45-39-18-16-14-12-10-8-6-4-2/h12,14,18,23,25,29,31,39,72-73,77-78H,3-11,13,15-17,19-22,24,26-28,30,32-38,40-71H2,1-2H3,(H,76,79)/b14-12-,25-23-,31-29-,39-18-. The van der Waals surface area contributed by atoms with Gasteiger partial charge in [-0.2, -0.15) is 0 Å². The molecule has 0 rings (SSSR count). The number of ether oxygens (including phenoxy) is 1. The van der Waals surface area contributed by atoms with Gasteiger partial charge in [-0.05, 0) is 89.9 Å². The Morgan fingerprint density at radius 3 is 0.963 bits per heavy atom. The van der Waals surface area contributed by atoms with Crippen molar-refractivity contribution in [3.63, 3.8) is 0 Å². The van der Waals surface area contributed by atoms with Gasteiger partial charge in [0.05, 0.1) is 25.4 Å². The van der Waals surface area contributed by atoms with Crippen LogP contribution in [-0.4, -0.2) is 47.4 Å². The van der Waals surface area contributed by atoms with Crippen molar-refractivity contribution in [3.8, 4) is 0 Å². The van der Waals surface area contributed by atoms with Gasteiger partial charge in [0.15, 0.2) is 0 Å². The molecule has 0 aromatic carbocycles. The number of esters is 1. The molecule has 0 heterocycles. The van der Waals surface area contributed by atoms with E-state index in [1.165, 1.54) is 302 Å². The van der Waals surface area contributed by atoms with Gasteiger partial charge in [-0.15, -0.1) is 0 Å². The quantitative estimate of drug-likeness (QED) is 0.0320. The van der Waals surface area contributed by atoms with Crippen LogP contribution in [0.25, 0.3) is 0 Å². The predicted molar refractivity (Wildman–Crippen MR) is 356 cm³/mol. The molecule has 0 aliphatic rings. The molecular formula is C75H141NO5. The Morgan fingerprint density at radius 2 is 0.617 bits per heavy atom. The Hall–Kier alpha value is -2.18. The van der Waals surface area contributed by atoms with Gasteiger partial charge < -0.3 is 20.3 Å². The average Bonchev–Trinajstić information content (AvgIpc) is 3.47. The molecule has 0 saturated heterocycles. The second kappa shape index (κ2) is 70.3. The summed E-state index contributed by atoms with van der Waals surface area (Å²) in [7, 11) is 0. The summed E-state index contributed by atoms with van der Waals surface area (Å²) in [5.41, 5.74) is 0. The minimum Gasteiger partial charge on any atom is -0.466 e. The molecule has 0 aromatic heterocycles. The van der Waals surface area contributed by atoms with Gasteiger partial charge in [-0.25, -0.2) is 0 Å². The van der Waals surface area contributed by atoms with E-state index >= 15 is 0 Å². The molecule has 2 unspecified atom stereocenters. The fourth-order valence-electron chi connectivity index (χ4n) is 11.3. The van der Waals surface area contributed by atoms with Crippen molar-refractivity contribution in [2.75, 3.05) is 13.2 Å². The third-order valence-electron chi connectivity index (χ3n) is 16.9. The molecule has 1 amide bonds. The molecule has 6 nitrogen and oxygen atoms in total. The second-order valence-electron chi connectivity index (χ2n) is 24.9. The summed E-state index contributed by atoms with van der Waals surface area (Å²) in [6, 6.07) is -0.542. The molecule has 476 valence electrons. The Morgan fingerprint density at radius 1 is 0.346 bits per heavy atom. The van der Waals surface area contributed by atoms with Gasteiger partial charge in [-0.3, -0.25) is 9.59 Å². The van der Waals surface area contributed by atoms with E-state index in [2.05, 4.69) is 67.8 Å². The lowest BCUT2D eigenvalue weighted by atomic mass is 10.0. The first kappa shape index (κ1) is 78.8. The highest BCUT2D eigenvalue weighted by Gasteiger charge is 2.20. The lowest BCUT2D eigenvalue weighted by Crippen LogP contribution is -2.45. The summed E-state index contributed by atoms with van der Waals surface area (Å²) in [6.45, 7) is 4.95. The number of carbonyl (C=O) groups is 2. The Kier molecular flexibility index (Phi) is 68.4. The number of hydrogen-bond acceptors (Lipinski definition) is 5. The zero-order chi connectivity index (χ0) is 58.5. The molecule has 0 aliphatic heterocycles. The van der Waals surface area contributed by atoms with Crippen molar-refractivity contribution < 1.29 is 24.5 Å². The van der Waals surface area contributed by atoms with Crippen molar-refractivity contribution in [1.29, 1.82) is 0 Å². The molecule has 0 spiro atoms. The molecule has 2 atom stereocenters. The maximum Gasteiger partial charge on any atom is 0.305 e. The lowest BCUT2D eigenvalue weighted by Gasteiger charge is -2.22. The lowest BCUT2D eigenvalue weighted by molar-refractivity contribution is -0.143. The number of hydrogen-bond donors (Lipinski definition) is 3. The number of rotatable bonds is 68. The number of aliphatic hydroxyl groups excluding tert-OH is 2. The number of nitrogens with one attached hydrogen (secondary N) is 1. The Balaban J connectivity index is 3.40. The fourth-order valence-corrected chi connectivity index (χ4v) is 11.3. The fraction of sp³-hybridized carbons (Fsp3) is 0.867. The highest BCUT2D eigenvalue weighted by Crippen LogP contribution is 2.19. The van der Waals surface area contributed by atoms with E-state index in [1.54, 1.807) is 0 Å².